The third-order valence-electron chi connectivity index (χ3n) is 3.69. The first-order valence-corrected chi connectivity index (χ1v) is 7.38. The van der Waals surface area contributed by atoms with Crippen LogP contribution in [0.1, 0.15) is 31.2 Å². The van der Waals surface area contributed by atoms with Gasteiger partial charge in [0.05, 0.1) is 6.61 Å². The molecule has 20 heavy (non-hydrogen) atoms. The summed E-state index contributed by atoms with van der Waals surface area (Å²) < 4.78 is 5.65. The number of aryl methyl sites for hydroxylation is 1. The average Bonchev–Trinajstić information content (AvgIpc) is 2.44. The van der Waals surface area contributed by atoms with E-state index in [-0.39, 0.29) is 11.9 Å². The molecule has 0 aliphatic carbocycles. The van der Waals surface area contributed by atoms with E-state index in [0.29, 0.717) is 13.0 Å². The monoisotopic (exact) mass is 276 g/mol. The Balaban J connectivity index is 1.64. The van der Waals surface area contributed by atoms with E-state index in [0.717, 1.165) is 38.1 Å². The van der Waals surface area contributed by atoms with Crippen molar-refractivity contribution in [2.75, 3.05) is 19.7 Å². The number of carbonyl (C=O) groups excluding carboxylic acids is 1. The zero-order valence-electron chi connectivity index (χ0n) is 12.2. The van der Waals surface area contributed by atoms with Gasteiger partial charge in [0.25, 0.3) is 0 Å². The minimum absolute atomic E-state index is 0.227. The Morgan fingerprint density at radius 3 is 2.85 bits per heavy atom. The molecule has 110 valence electrons. The molecule has 0 radical (unpaired) electrons. The van der Waals surface area contributed by atoms with Gasteiger partial charge in [0.15, 0.2) is 0 Å². The van der Waals surface area contributed by atoms with Gasteiger partial charge in [0, 0.05) is 25.6 Å². The molecule has 1 saturated heterocycles. The lowest BCUT2D eigenvalue weighted by Crippen LogP contribution is -2.42. The fourth-order valence-corrected chi connectivity index (χ4v) is 2.43. The Bertz CT molecular complexity index is 440. The molecular weight excluding hydrogens is 252 g/mol. The van der Waals surface area contributed by atoms with Crippen molar-refractivity contribution in [3.05, 3.63) is 29.8 Å². The molecule has 2 N–H and O–H groups in total. The molecule has 4 nitrogen and oxygen atoms in total. The Morgan fingerprint density at radius 2 is 2.15 bits per heavy atom. The third kappa shape index (κ3) is 4.53. The number of ether oxygens (including phenoxy) is 1. The summed E-state index contributed by atoms with van der Waals surface area (Å²) in [5.41, 5.74) is 7.02. The second kappa shape index (κ2) is 7.29. The standard InChI is InChI=1S/C16H24N2O2/c1-13-4-2-5-15(12-13)20-11-3-6-16(19)18-9-7-14(17)8-10-18/h2,4-5,12,14H,3,6-11,17H2,1H3. The Kier molecular flexibility index (Phi) is 5.41. The van der Waals surface area contributed by atoms with E-state index in [1.165, 1.54) is 5.56 Å². The highest BCUT2D eigenvalue weighted by atomic mass is 16.5. The van der Waals surface area contributed by atoms with Gasteiger partial charge in [-0.15, -0.1) is 0 Å². The van der Waals surface area contributed by atoms with Crippen molar-refractivity contribution in [2.24, 2.45) is 5.73 Å². The maximum Gasteiger partial charge on any atom is 0.222 e. The summed E-state index contributed by atoms with van der Waals surface area (Å²) in [6.45, 7) is 4.23. The van der Waals surface area contributed by atoms with Gasteiger partial charge in [0.2, 0.25) is 5.91 Å². The van der Waals surface area contributed by atoms with E-state index in [9.17, 15) is 4.79 Å². The molecule has 2 rings (SSSR count). The molecule has 0 spiro atoms. The quantitative estimate of drug-likeness (QED) is 0.838. The molecule has 1 amide bonds. The molecule has 1 aliphatic heterocycles. The number of nitrogens with zero attached hydrogens (tertiary/aromatic N) is 1. The molecule has 1 heterocycles. The predicted octanol–water partition coefficient (Wildman–Crippen LogP) is 2.10. The summed E-state index contributed by atoms with van der Waals surface area (Å²) in [7, 11) is 0. The summed E-state index contributed by atoms with van der Waals surface area (Å²) in [5.74, 6) is 1.10. The lowest BCUT2D eigenvalue weighted by Gasteiger charge is -2.30. The molecule has 4 heteroatoms. The third-order valence-corrected chi connectivity index (χ3v) is 3.69. The number of benzene rings is 1. The average molecular weight is 276 g/mol. The minimum Gasteiger partial charge on any atom is -0.494 e. The number of amides is 1. The summed E-state index contributed by atoms with van der Waals surface area (Å²) in [4.78, 5) is 13.9. The molecule has 0 aromatic heterocycles. The summed E-state index contributed by atoms with van der Waals surface area (Å²) in [5, 5.41) is 0. The highest BCUT2D eigenvalue weighted by molar-refractivity contribution is 5.76. The van der Waals surface area contributed by atoms with Crippen LogP contribution in [0.4, 0.5) is 0 Å². The van der Waals surface area contributed by atoms with E-state index in [4.69, 9.17) is 10.5 Å². The minimum atomic E-state index is 0.227. The van der Waals surface area contributed by atoms with Gasteiger partial charge in [-0.2, -0.15) is 0 Å². The maximum absolute atomic E-state index is 12.0. The van der Waals surface area contributed by atoms with Crippen LogP contribution in [0.2, 0.25) is 0 Å². The Labute approximate surface area is 120 Å². The highest BCUT2D eigenvalue weighted by Gasteiger charge is 2.19. The second-order valence-electron chi connectivity index (χ2n) is 5.49. The predicted molar refractivity (Wildman–Crippen MR) is 79.7 cm³/mol. The van der Waals surface area contributed by atoms with Gasteiger partial charge in [0.1, 0.15) is 5.75 Å². The van der Waals surface area contributed by atoms with Gasteiger partial charge in [-0.3, -0.25) is 4.79 Å². The van der Waals surface area contributed by atoms with E-state index < -0.39 is 0 Å². The molecule has 0 saturated carbocycles. The van der Waals surface area contributed by atoms with Crippen molar-refractivity contribution in [1.29, 1.82) is 0 Å². The van der Waals surface area contributed by atoms with Crippen LogP contribution in [0.3, 0.4) is 0 Å². The van der Waals surface area contributed by atoms with Gasteiger partial charge < -0.3 is 15.4 Å². The van der Waals surface area contributed by atoms with Crippen LogP contribution in [0.5, 0.6) is 5.75 Å². The van der Waals surface area contributed by atoms with Crippen molar-refractivity contribution in [3.63, 3.8) is 0 Å². The normalized spacial score (nSPS) is 16.2. The number of carbonyl (C=O) groups is 1. The van der Waals surface area contributed by atoms with Crippen molar-refractivity contribution in [1.82, 2.24) is 4.90 Å². The first kappa shape index (κ1) is 14.9. The van der Waals surface area contributed by atoms with Crippen LogP contribution in [0, 0.1) is 6.92 Å². The first-order chi connectivity index (χ1) is 9.65. The largest absolute Gasteiger partial charge is 0.494 e. The Morgan fingerprint density at radius 1 is 1.40 bits per heavy atom. The molecule has 1 aromatic carbocycles. The molecule has 1 aliphatic rings. The number of hydrogen-bond donors (Lipinski definition) is 1. The lowest BCUT2D eigenvalue weighted by atomic mass is 10.1. The van der Waals surface area contributed by atoms with Gasteiger partial charge >= 0.3 is 0 Å². The fourth-order valence-electron chi connectivity index (χ4n) is 2.43. The van der Waals surface area contributed by atoms with Crippen molar-refractivity contribution >= 4 is 5.91 Å². The zero-order chi connectivity index (χ0) is 14.4. The maximum atomic E-state index is 12.0. The molecule has 1 fully saturated rings. The van der Waals surface area contributed by atoms with E-state index in [1.54, 1.807) is 0 Å². The second-order valence-corrected chi connectivity index (χ2v) is 5.49. The lowest BCUT2D eigenvalue weighted by molar-refractivity contribution is -0.132. The zero-order valence-corrected chi connectivity index (χ0v) is 12.2. The molecular formula is C16H24N2O2. The fraction of sp³-hybridized carbons (Fsp3) is 0.562. The number of rotatable bonds is 5. The molecule has 0 atom stereocenters. The Hall–Kier alpha value is -1.55. The van der Waals surface area contributed by atoms with Crippen molar-refractivity contribution in [2.45, 2.75) is 38.6 Å². The van der Waals surface area contributed by atoms with Crippen molar-refractivity contribution < 1.29 is 9.53 Å². The highest BCUT2D eigenvalue weighted by Crippen LogP contribution is 2.14. The first-order valence-electron chi connectivity index (χ1n) is 7.38. The van der Waals surface area contributed by atoms with Crippen LogP contribution in [0.15, 0.2) is 24.3 Å². The number of hydrogen-bond acceptors (Lipinski definition) is 3. The van der Waals surface area contributed by atoms with Crippen LogP contribution in [0.25, 0.3) is 0 Å². The molecule has 0 bridgehead atoms. The van der Waals surface area contributed by atoms with Crippen molar-refractivity contribution in [3.8, 4) is 5.75 Å². The number of nitrogens with two attached hydrogens (primary N) is 1. The van der Waals surface area contributed by atoms with Crippen LogP contribution >= 0.6 is 0 Å². The van der Waals surface area contributed by atoms with Crippen LogP contribution in [-0.4, -0.2) is 36.5 Å². The molecule has 0 unspecified atom stereocenters. The van der Waals surface area contributed by atoms with E-state index in [1.807, 2.05) is 36.1 Å². The number of likely N-dealkylation sites (tertiary alicyclic amines) is 1. The summed E-state index contributed by atoms with van der Waals surface area (Å²) >= 11 is 0. The van der Waals surface area contributed by atoms with Gasteiger partial charge in [-0.25, -0.2) is 0 Å². The molecule has 1 aromatic rings. The topological polar surface area (TPSA) is 55.6 Å². The van der Waals surface area contributed by atoms with E-state index >= 15 is 0 Å². The van der Waals surface area contributed by atoms with Crippen LogP contribution in [-0.2, 0) is 4.79 Å². The smallest absolute Gasteiger partial charge is 0.222 e. The van der Waals surface area contributed by atoms with E-state index in [2.05, 4.69) is 0 Å². The van der Waals surface area contributed by atoms with Gasteiger partial charge in [-0.05, 0) is 43.9 Å². The van der Waals surface area contributed by atoms with Crippen LogP contribution < -0.4 is 10.5 Å². The number of piperidine rings is 1. The van der Waals surface area contributed by atoms with Gasteiger partial charge in [-0.1, -0.05) is 12.1 Å². The SMILES string of the molecule is Cc1cccc(OCCCC(=O)N2CCC(N)CC2)c1. The summed E-state index contributed by atoms with van der Waals surface area (Å²) in [6.07, 6.45) is 3.16. The summed E-state index contributed by atoms with van der Waals surface area (Å²) in [6, 6.07) is 8.24.